The number of aromatic nitrogens is 1. The summed E-state index contributed by atoms with van der Waals surface area (Å²) in [7, 11) is 2.98. The summed E-state index contributed by atoms with van der Waals surface area (Å²) >= 11 is 6.16. The maximum absolute atomic E-state index is 13.2. The van der Waals surface area contributed by atoms with Gasteiger partial charge in [0.15, 0.2) is 6.04 Å². The summed E-state index contributed by atoms with van der Waals surface area (Å²) in [6.45, 7) is 5.13. The molecule has 4 rings (SSSR count). The number of carbonyl (C=O) groups is 2. The number of benzene rings is 2. The fourth-order valence-corrected chi connectivity index (χ4v) is 4.50. The highest BCUT2D eigenvalue weighted by atomic mass is 35.5. The van der Waals surface area contributed by atoms with E-state index in [1.807, 2.05) is 25.1 Å². The van der Waals surface area contributed by atoms with Crippen molar-refractivity contribution < 1.29 is 24.0 Å². The van der Waals surface area contributed by atoms with Gasteiger partial charge in [0.1, 0.15) is 11.4 Å². The second-order valence-electron chi connectivity index (χ2n) is 8.08. The molecule has 2 aromatic carbocycles. The molecular formula is C24H28ClN4O4+. The highest BCUT2D eigenvalue weighted by Crippen LogP contribution is 2.31. The molecule has 0 spiro atoms. The van der Waals surface area contributed by atoms with Crippen LogP contribution in [0.25, 0.3) is 10.9 Å². The zero-order valence-electron chi connectivity index (χ0n) is 18.9. The lowest BCUT2D eigenvalue weighted by molar-refractivity contribution is -0.914. The zero-order chi connectivity index (χ0) is 23.5. The standard InChI is InChI=1S/C24H27ClN4O4/c1-15(28-10-12-29(13-11-28)19-6-4-5-7-20(19)32-2)23(30)27-21-17-14-16(25)8-9-18(17)26-22(21)24(31)33-3/h4-9,14-15,26H,10-13H2,1-3H3,(H,27,30)/p+1/t15-/m1/s1. The summed E-state index contributed by atoms with van der Waals surface area (Å²) in [5.74, 6) is 0.130. The number of quaternary nitrogens is 1. The second-order valence-corrected chi connectivity index (χ2v) is 8.52. The fraction of sp³-hybridized carbons (Fsp3) is 0.333. The van der Waals surface area contributed by atoms with Gasteiger partial charge in [-0.1, -0.05) is 23.7 Å². The van der Waals surface area contributed by atoms with Crippen LogP contribution in [0, 0.1) is 0 Å². The maximum atomic E-state index is 13.2. The predicted molar refractivity (Wildman–Crippen MR) is 129 cm³/mol. The number of hydrogen-bond donors (Lipinski definition) is 3. The van der Waals surface area contributed by atoms with Gasteiger partial charge in [-0.3, -0.25) is 4.79 Å². The average molecular weight is 472 g/mol. The number of H-pyrrole nitrogens is 1. The van der Waals surface area contributed by atoms with E-state index < -0.39 is 5.97 Å². The molecule has 1 aromatic heterocycles. The molecule has 3 aromatic rings. The van der Waals surface area contributed by atoms with Crippen LogP contribution < -0.4 is 19.9 Å². The van der Waals surface area contributed by atoms with E-state index in [0.29, 0.717) is 21.6 Å². The maximum Gasteiger partial charge on any atom is 0.356 e. The Kier molecular flexibility index (Phi) is 6.76. The minimum absolute atomic E-state index is 0.165. The Labute approximate surface area is 197 Å². The van der Waals surface area contributed by atoms with Crippen LogP contribution in [0.4, 0.5) is 11.4 Å². The second kappa shape index (κ2) is 9.72. The molecule has 8 nitrogen and oxygen atoms in total. The summed E-state index contributed by atoms with van der Waals surface area (Å²) in [5, 5.41) is 4.13. The number of nitrogens with zero attached hydrogens (tertiary/aromatic N) is 1. The van der Waals surface area contributed by atoms with Gasteiger partial charge < -0.3 is 29.6 Å². The van der Waals surface area contributed by atoms with Crippen LogP contribution in [0.1, 0.15) is 17.4 Å². The molecule has 33 heavy (non-hydrogen) atoms. The Morgan fingerprint density at radius 1 is 1.15 bits per heavy atom. The van der Waals surface area contributed by atoms with Crippen molar-refractivity contribution in [2.45, 2.75) is 13.0 Å². The monoisotopic (exact) mass is 471 g/mol. The van der Waals surface area contributed by atoms with Gasteiger partial charge in [0, 0.05) is 15.9 Å². The van der Waals surface area contributed by atoms with Crippen LogP contribution >= 0.6 is 11.6 Å². The molecule has 1 atom stereocenters. The van der Waals surface area contributed by atoms with Crippen molar-refractivity contribution in [2.24, 2.45) is 0 Å². The number of carbonyl (C=O) groups excluding carboxylic acids is 2. The fourth-order valence-electron chi connectivity index (χ4n) is 4.32. The molecule has 9 heteroatoms. The molecule has 0 bridgehead atoms. The lowest BCUT2D eigenvalue weighted by Crippen LogP contribution is -3.19. The molecule has 0 radical (unpaired) electrons. The van der Waals surface area contributed by atoms with E-state index >= 15 is 0 Å². The van der Waals surface area contributed by atoms with Crippen molar-refractivity contribution in [2.75, 3.05) is 50.6 Å². The molecule has 2 heterocycles. The molecule has 0 saturated carbocycles. The summed E-state index contributed by atoms with van der Waals surface area (Å²) in [4.78, 5) is 32.0. The van der Waals surface area contributed by atoms with E-state index in [0.717, 1.165) is 37.6 Å². The van der Waals surface area contributed by atoms with Crippen LogP contribution in [0.2, 0.25) is 5.02 Å². The number of hydrogen-bond acceptors (Lipinski definition) is 5. The third-order valence-corrected chi connectivity index (χ3v) is 6.47. The van der Waals surface area contributed by atoms with Gasteiger partial charge >= 0.3 is 5.97 Å². The first-order chi connectivity index (χ1) is 15.9. The van der Waals surface area contributed by atoms with Crippen molar-refractivity contribution in [1.29, 1.82) is 0 Å². The highest BCUT2D eigenvalue weighted by molar-refractivity contribution is 6.31. The predicted octanol–water partition coefficient (Wildman–Crippen LogP) is 2.35. The number of esters is 1. The average Bonchev–Trinajstić information content (AvgIpc) is 3.20. The molecule has 0 unspecified atom stereocenters. The van der Waals surface area contributed by atoms with Gasteiger partial charge in [-0.25, -0.2) is 4.79 Å². The SMILES string of the molecule is COC(=O)c1[nH]c2ccc(Cl)cc2c1NC(=O)[C@@H](C)[NH+]1CCN(c2ccccc2OC)CC1. The van der Waals surface area contributed by atoms with Crippen molar-refractivity contribution in [3.8, 4) is 5.75 Å². The smallest absolute Gasteiger partial charge is 0.356 e. The van der Waals surface area contributed by atoms with E-state index in [2.05, 4.69) is 21.3 Å². The number of rotatable bonds is 6. The molecular weight excluding hydrogens is 444 g/mol. The third-order valence-electron chi connectivity index (χ3n) is 6.24. The summed E-state index contributed by atoms with van der Waals surface area (Å²) in [5.41, 5.74) is 2.35. The normalized spacial score (nSPS) is 15.3. The van der Waals surface area contributed by atoms with Gasteiger partial charge in [-0.05, 0) is 37.3 Å². The van der Waals surface area contributed by atoms with Gasteiger partial charge in [0.25, 0.3) is 5.91 Å². The number of amides is 1. The quantitative estimate of drug-likeness (QED) is 0.480. The number of halogens is 1. The van der Waals surface area contributed by atoms with Crippen molar-refractivity contribution >= 4 is 45.8 Å². The molecule has 1 fully saturated rings. The number of para-hydroxylation sites is 2. The van der Waals surface area contributed by atoms with E-state index in [9.17, 15) is 9.59 Å². The van der Waals surface area contributed by atoms with E-state index in [4.69, 9.17) is 21.1 Å². The lowest BCUT2D eigenvalue weighted by Gasteiger charge is -2.36. The Hall–Kier alpha value is -3.23. The summed E-state index contributed by atoms with van der Waals surface area (Å²) in [6, 6.07) is 12.9. The Bertz CT molecular complexity index is 1170. The molecule has 1 amide bonds. The van der Waals surface area contributed by atoms with Gasteiger partial charge in [0.05, 0.1) is 51.8 Å². The number of aromatic amines is 1. The number of piperazine rings is 1. The van der Waals surface area contributed by atoms with Crippen molar-refractivity contribution in [3.05, 3.63) is 53.2 Å². The van der Waals surface area contributed by atoms with Crippen LogP contribution in [-0.4, -0.2) is 63.3 Å². The van der Waals surface area contributed by atoms with Gasteiger partial charge in [0.2, 0.25) is 0 Å². The molecule has 174 valence electrons. The number of anilines is 2. The number of fused-ring (bicyclic) bond motifs is 1. The molecule has 0 aliphatic carbocycles. The third kappa shape index (κ3) is 4.62. The first-order valence-electron chi connectivity index (χ1n) is 10.9. The highest BCUT2D eigenvalue weighted by Gasteiger charge is 2.31. The number of methoxy groups -OCH3 is 2. The van der Waals surface area contributed by atoms with Crippen molar-refractivity contribution in [1.82, 2.24) is 4.98 Å². The van der Waals surface area contributed by atoms with Crippen LogP contribution in [0.3, 0.4) is 0 Å². The number of ether oxygens (including phenoxy) is 2. The van der Waals surface area contributed by atoms with E-state index in [1.54, 1.807) is 25.3 Å². The zero-order valence-corrected chi connectivity index (χ0v) is 19.7. The van der Waals surface area contributed by atoms with Gasteiger partial charge in [-0.15, -0.1) is 0 Å². The lowest BCUT2D eigenvalue weighted by atomic mass is 10.1. The first kappa shape index (κ1) is 22.9. The van der Waals surface area contributed by atoms with Crippen LogP contribution in [0.5, 0.6) is 5.75 Å². The Morgan fingerprint density at radius 2 is 1.88 bits per heavy atom. The Morgan fingerprint density at radius 3 is 2.58 bits per heavy atom. The molecule has 1 aliphatic heterocycles. The first-order valence-corrected chi connectivity index (χ1v) is 11.2. The van der Waals surface area contributed by atoms with Gasteiger partial charge in [-0.2, -0.15) is 0 Å². The molecule has 1 aliphatic rings. The van der Waals surface area contributed by atoms with E-state index in [-0.39, 0.29) is 17.6 Å². The molecule has 1 saturated heterocycles. The largest absolute Gasteiger partial charge is 0.495 e. The molecule has 3 N–H and O–H groups in total. The van der Waals surface area contributed by atoms with E-state index in [1.165, 1.54) is 12.0 Å². The topological polar surface area (TPSA) is 88.1 Å². The summed E-state index contributed by atoms with van der Waals surface area (Å²) < 4.78 is 10.4. The number of nitrogens with one attached hydrogen (secondary N) is 3. The summed E-state index contributed by atoms with van der Waals surface area (Å²) in [6.07, 6.45) is 0. The van der Waals surface area contributed by atoms with Crippen molar-refractivity contribution in [3.63, 3.8) is 0 Å². The van der Waals surface area contributed by atoms with Crippen LogP contribution in [-0.2, 0) is 9.53 Å². The minimum atomic E-state index is -0.553. The minimum Gasteiger partial charge on any atom is -0.495 e. The van der Waals surface area contributed by atoms with Crippen LogP contribution in [0.15, 0.2) is 42.5 Å². The Balaban J connectivity index is 1.48.